The highest BCUT2D eigenvalue weighted by Crippen LogP contribution is 2.23. The predicted octanol–water partition coefficient (Wildman–Crippen LogP) is 4.18. The molecule has 0 fully saturated rings. The summed E-state index contributed by atoms with van der Waals surface area (Å²) >= 11 is 1.55. The van der Waals surface area contributed by atoms with E-state index in [0.717, 1.165) is 27.6 Å². The van der Waals surface area contributed by atoms with Gasteiger partial charge >= 0.3 is 0 Å². The molecule has 0 aliphatic carbocycles. The molecular formula is C20H16N4OS. The second-order valence-electron chi connectivity index (χ2n) is 5.74. The first-order valence-corrected chi connectivity index (χ1v) is 9.06. The average molecular weight is 360 g/mol. The van der Waals surface area contributed by atoms with Crippen LogP contribution in [0.1, 0.15) is 5.69 Å². The van der Waals surface area contributed by atoms with Gasteiger partial charge in [-0.2, -0.15) is 5.10 Å². The van der Waals surface area contributed by atoms with Gasteiger partial charge in [-0.05, 0) is 24.3 Å². The van der Waals surface area contributed by atoms with Crippen molar-refractivity contribution in [1.29, 1.82) is 0 Å². The van der Waals surface area contributed by atoms with E-state index < -0.39 is 0 Å². The lowest BCUT2D eigenvalue weighted by Gasteiger charge is -2.07. The molecule has 6 heteroatoms. The summed E-state index contributed by atoms with van der Waals surface area (Å²) in [5, 5.41) is 9.99. The van der Waals surface area contributed by atoms with Crippen molar-refractivity contribution in [2.45, 2.75) is 6.42 Å². The van der Waals surface area contributed by atoms with Crippen LogP contribution in [-0.4, -0.2) is 20.7 Å². The number of nitrogens with zero attached hydrogens (tertiary/aromatic N) is 3. The summed E-state index contributed by atoms with van der Waals surface area (Å²) in [4.78, 5) is 16.9. The molecule has 26 heavy (non-hydrogen) atoms. The predicted molar refractivity (Wildman–Crippen MR) is 103 cm³/mol. The maximum atomic E-state index is 12.4. The molecule has 0 bridgehead atoms. The molecule has 0 unspecified atom stereocenters. The summed E-state index contributed by atoms with van der Waals surface area (Å²) < 4.78 is 1.75. The van der Waals surface area contributed by atoms with Gasteiger partial charge in [0.1, 0.15) is 5.01 Å². The van der Waals surface area contributed by atoms with Crippen molar-refractivity contribution in [2.75, 3.05) is 5.32 Å². The van der Waals surface area contributed by atoms with Gasteiger partial charge < -0.3 is 5.32 Å². The Morgan fingerprint density at radius 1 is 1.08 bits per heavy atom. The third-order valence-electron chi connectivity index (χ3n) is 3.81. The zero-order valence-electron chi connectivity index (χ0n) is 13.9. The van der Waals surface area contributed by atoms with Crippen LogP contribution in [0.3, 0.4) is 0 Å². The van der Waals surface area contributed by atoms with Gasteiger partial charge in [0.15, 0.2) is 0 Å². The van der Waals surface area contributed by atoms with Crippen molar-refractivity contribution in [3.8, 4) is 16.3 Å². The number of amides is 1. The fraction of sp³-hybridized carbons (Fsp3) is 0.0500. The highest BCUT2D eigenvalue weighted by molar-refractivity contribution is 7.13. The molecule has 0 atom stereocenters. The van der Waals surface area contributed by atoms with Crippen molar-refractivity contribution >= 4 is 22.9 Å². The monoisotopic (exact) mass is 360 g/mol. The third kappa shape index (κ3) is 3.70. The van der Waals surface area contributed by atoms with E-state index in [2.05, 4.69) is 15.4 Å². The lowest BCUT2D eigenvalue weighted by atomic mass is 10.2. The van der Waals surface area contributed by atoms with E-state index >= 15 is 0 Å². The summed E-state index contributed by atoms with van der Waals surface area (Å²) in [6.07, 6.45) is 3.83. The Morgan fingerprint density at radius 3 is 2.77 bits per heavy atom. The first-order valence-electron chi connectivity index (χ1n) is 8.18. The largest absolute Gasteiger partial charge is 0.326 e. The molecule has 2 aromatic heterocycles. The Labute approximate surface area is 155 Å². The van der Waals surface area contributed by atoms with Crippen LogP contribution < -0.4 is 5.32 Å². The molecule has 0 aliphatic rings. The number of rotatable bonds is 5. The Kier molecular flexibility index (Phi) is 4.57. The smallest absolute Gasteiger partial charge is 0.230 e. The maximum absolute atomic E-state index is 12.4. The molecule has 0 saturated carbocycles. The Balaban J connectivity index is 1.43. The van der Waals surface area contributed by atoms with E-state index in [4.69, 9.17) is 0 Å². The van der Waals surface area contributed by atoms with Gasteiger partial charge in [-0.25, -0.2) is 9.67 Å². The topological polar surface area (TPSA) is 59.8 Å². The molecular weight excluding hydrogens is 344 g/mol. The fourth-order valence-electron chi connectivity index (χ4n) is 2.62. The van der Waals surface area contributed by atoms with Gasteiger partial charge in [0.05, 0.1) is 17.8 Å². The highest BCUT2D eigenvalue weighted by atomic mass is 32.1. The lowest BCUT2D eigenvalue weighted by molar-refractivity contribution is -0.115. The van der Waals surface area contributed by atoms with Crippen LogP contribution in [0.15, 0.2) is 78.4 Å². The van der Waals surface area contributed by atoms with Crippen LogP contribution in [-0.2, 0) is 11.2 Å². The maximum Gasteiger partial charge on any atom is 0.230 e. The number of aromatic nitrogens is 3. The van der Waals surface area contributed by atoms with E-state index in [9.17, 15) is 4.79 Å². The quantitative estimate of drug-likeness (QED) is 0.581. The van der Waals surface area contributed by atoms with Gasteiger partial charge in [-0.1, -0.05) is 36.4 Å². The van der Waals surface area contributed by atoms with E-state index in [1.165, 1.54) is 0 Å². The number of carbonyl (C=O) groups excluding carboxylic acids is 1. The van der Waals surface area contributed by atoms with Gasteiger partial charge in [-0.15, -0.1) is 11.3 Å². The van der Waals surface area contributed by atoms with Crippen LogP contribution in [0, 0.1) is 0 Å². The van der Waals surface area contributed by atoms with Crippen LogP contribution in [0.25, 0.3) is 16.3 Å². The van der Waals surface area contributed by atoms with E-state index in [0.29, 0.717) is 0 Å². The van der Waals surface area contributed by atoms with E-state index in [1.54, 1.807) is 22.2 Å². The first-order chi connectivity index (χ1) is 12.8. The summed E-state index contributed by atoms with van der Waals surface area (Å²) in [6.45, 7) is 0. The molecule has 0 aliphatic heterocycles. The van der Waals surface area contributed by atoms with E-state index in [-0.39, 0.29) is 12.3 Å². The molecule has 0 saturated heterocycles. The Morgan fingerprint density at radius 2 is 1.96 bits per heavy atom. The number of hydrogen-bond donors (Lipinski definition) is 1. The number of thiazole rings is 1. The Bertz CT molecular complexity index is 1010. The van der Waals surface area contributed by atoms with Crippen LogP contribution in [0.4, 0.5) is 5.69 Å². The molecule has 1 amide bonds. The SMILES string of the molecule is O=C(Cc1csc(-c2ccccc2)n1)Nc1cccc(-n2cccn2)c1. The minimum atomic E-state index is -0.0903. The van der Waals surface area contributed by atoms with Gasteiger partial charge in [0.2, 0.25) is 5.91 Å². The number of nitrogens with one attached hydrogen (secondary N) is 1. The minimum absolute atomic E-state index is 0.0903. The van der Waals surface area contributed by atoms with Crippen LogP contribution >= 0.6 is 11.3 Å². The van der Waals surface area contributed by atoms with Crippen molar-refractivity contribution in [3.05, 3.63) is 84.1 Å². The summed E-state index contributed by atoms with van der Waals surface area (Å²) in [6, 6.07) is 19.4. The standard InChI is InChI=1S/C20H16N4OS/c25-19(13-17-14-26-20(23-17)15-6-2-1-3-7-15)22-16-8-4-9-18(12-16)24-11-5-10-21-24/h1-12,14H,13H2,(H,22,25). The average Bonchev–Trinajstić information content (AvgIpc) is 3.35. The summed E-state index contributed by atoms with van der Waals surface area (Å²) in [5.41, 5.74) is 3.47. The molecule has 0 radical (unpaired) electrons. The van der Waals surface area contributed by atoms with Crippen LogP contribution in [0.5, 0.6) is 0 Å². The summed E-state index contributed by atoms with van der Waals surface area (Å²) in [5.74, 6) is -0.0903. The zero-order valence-corrected chi connectivity index (χ0v) is 14.7. The van der Waals surface area contributed by atoms with Gasteiger partial charge in [0.25, 0.3) is 0 Å². The molecule has 4 rings (SSSR count). The zero-order chi connectivity index (χ0) is 17.8. The molecule has 1 N–H and O–H groups in total. The number of carbonyl (C=O) groups is 1. The molecule has 5 nitrogen and oxygen atoms in total. The minimum Gasteiger partial charge on any atom is -0.326 e. The van der Waals surface area contributed by atoms with Crippen molar-refractivity contribution in [2.24, 2.45) is 0 Å². The van der Waals surface area contributed by atoms with E-state index in [1.807, 2.05) is 72.2 Å². The number of hydrogen-bond acceptors (Lipinski definition) is 4. The second kappa shape index (κ2) is 7.33. The van der Waals surface area contributed by atoms with Crippen molar-refractivity contribution < 1.29 is 4.79 Å². The molecule has 2 aromatic carbocycles. The van der Waals surface area contributed by atoms with Crippen molar-refractivity contribution in [1.82, 2.24) is 14.8 Å². The third-order valence-corrected chi connectivity index (χ3v) is 4.75. The van der Waals surface area contributed by atoms with Crippen LogP contribution in [0.2, 0.25) is 0 Å². The molecule has 0 spiro atoms. The molecule has 128 valence electrons. The molecule has 4 aromatic rings. The number of anilines is 1. The summed E-state index contributed by atoms with van der Waals surface area (Å²) in [7, 11) is 0. The molecule has 2 heterocycles. The highest BCUT2D eigenvalue weighted by Gasteiger charge is 2.10. The Hall–Kier alpha value is -3.25. The first kappa shape index (κ1) is 16.2. The number of benzene rings is 2. The lowest BCUT2D eigenvalue weighted by Crippen LogP contribution is -2.14. The fourth-order valence-corrected chi connectivity index (χ4v) is 3.44. The second-order valence-corrected chi connectivity index (χ2v) is 6.59. The van der Waals surface area contributed by atoms with Gasteiger partial charge in [-0.3, -0.25) is 4.79 Å². The normalized spacial score (nSPS) is 10.6. The van der Waals surface area contributed by atoms with Gasteiger partial charge in [0, 0.05) is 29.0 Å². The van der Waals surface area contributed by atoms with Crippen molar-refractivity contribution in [3.63, 3.8) is 0 Å².